The monoisotopic (exact) mass is 365 g/mol. The van der Waals surface area contributed by atoms with Crippen molar-refractivity contribution in [3.8, 4) is 0 Å². The summed E-state index contributed by atoms with van der Waals surface area (Å²) in [5.74, 6) is 0.554. The van der Waals surface area contributed by atoms with Crippen LogP contribution in [0.15, 0.2) is 34.4 Å². The van der Waals surface area contributed by atoms with E-state index in [4.69, 9.17) is 4.74 Å². The van der Waals surface area contributed by atoms with Crippen LogP contribution in [0.3, 0.4) is 0 Å². The van der Waals surface area contributed by atoms with Crippen LogP contribution in [0.5, 0.6) is 0 Å². The third-order valence-electron chi connectivity index (χ3n) is 3.92. The molecule has 1 unspecified atom stereocenters. The van der Waals surface area contributed by atoms with Gasteiger partial charge in [0, 0.05) is 18.2 Å². The number of hydrogen-bond donors (Lipinski definition) is 1. The molecule has 0 aliphatic heterocycles. The van der Waals surface area contributed by atoms with Crippen LogP contribution in [0.1, 0.15) is 37.0 Å². The van der Waals surface area contributed by atoms with Gasteiger partial charge in [-0.15, -0.1) is 0 Å². The third-order valence-corrected chi connectivity index (χ3v) is 4.78. The Kier molecular flexibility index (Phi) is 5.40. The maximum Gasteiger partial charge on any atom is 0.339 e. The minimum atomic E-state index is -0.399. The van der Waals surface area contributed by atoms with Gasteiger partial charge in [0.25, 0.3) is 0 Å². The molecule has 22 heavy (non-hydrogen) atoms. The van der Waals surface area contributed by atoms with E-state index in [1.807, 2.05) is 6.07 Å². The van der Waals surface area contributed by atoms with Crippen LogP contribution >= 0.6 is 15.9 Å². The lowest BCUT2D eigenvalue weighted by Crippen LogP contribution is -2.21. The highest BCUT2D eigenvalue weighted by Gasteiger charge is 2.24. The molecule has 4 nitrogen and oxygen atoms in total. The van der Waals surface area contributed by atoms with Crippen LogP contribution < -0.4 is 5.32 Å². The Hall–Kier alpha value is -1.62. The van der Waals surface area contributed by atoms with Gasteiger partial charge in [-0.3, -0.25) is 4.79 Å². The van der Waals surface area contributed by atoms with E-state index in [1.54, 1.807) is 18.2 Å². The zero-order chi connectivity index (χ0) is 16.3. The summed E-state index contributed by atoms with van der Waals surface area (Å²) in [5, 5.41) is 3.27. The van der Waals surface area contributed by atoms with Crippen molar-refractivity contribution in [3.63, 3.8) is 0 Å². The number of anilines is 1. The number of halogens is 1. The van der Waals surface area contributed by atoms with Gasteiger partial charge in [0.2, 0.25) is 0 Å². The lowest BCUT2D eigenvalue weighted by atomic mass is 9.83. The number of benzene rings is 1. The van der Waals surface area contributed by atoms with Crippen molar-refractivity contribution in [2.24, 2.45) is 11.8 Å². The third kappa shape index (κ3) is 3.77. The van der Waals surface area contributed by atoms with Gasteiger partial charge in [-0.05, 0) is 46.3 Å². The molecule has 0 radical (unpaired) electrons. The molecule has 0 spiro atoms. The number of carbonyl (C=O) groups is 2. The van der Waals surface area contributed by atoms with E-state index in [1.165, 1.54) is 7.11 Å². The summed E-state index contributed by atoms with van der Waals surface area (Å²) < 4.78 is 5.40. The van der Waals surface area contributed by atoms with Gasteiger partial charge in [0.15, 0.2) is 5.78 Å². The first-order chi connectivity index (χ1) is 10.4. The van der Waals surface area contributed by atoms with E-state index in [-0.39, 0.29) is 5.78 Å². The van der Waals surface area contributed by atoms with Crippen molar-refractivity contribution in [1.82, 2.24) is 0 Å². The zero-order valence-corrected chi connectivity index (χ0v) is 14.6. The Balaban J connectivity index is 2.24. The second-order valence-corrected chi connectivity index (χ2v) is 6.62. The van der Waals surface area contributed by atoms with Gasteiger partial charge >= 0.3 is 5.97 Å². The molecule has 1 aliphatic carbocycles. The fourth-order valence-corrected chi connectivity index (χ4v) is 3.08. The maximum atomic E-state index is 11.9. The maximum absolute atomic E-state index is 11.9. The minimum absolute atomic E-state index is 0.146. The molecule has 1 aromatic carbocycles. The molecule has 0 saturated heterocycles. The van der Waals surface area contributed by atoms with Gasteiger partial charge in [0.1, 0.15) is 0 Å². The van der Waals surface area contributed by atoms with E-state index in [0.717, 1.165) is 17.8 Å². The Bertz CT molecular complexity index is 622. The molecule has 2 rings (SSSR count). The van der Waals surface area contributed by atoms with Crippen LogP contribution in [0.4, 0.5) is 5.69 Å². The van der Waals surface area contributed by atoms with Gasteiger partial charge in [0.05, 0.1) is 22.8 Å². The summed E-state index contributed by atoms with van der Waals surface area (Å²) >= 11 is 3.43. The van der Waals surface area contributed by atoms with Crippen LogP contribution in [0.25, 0.3) is 0 Å². The Morgan fingerprint density at radius 3 is 2.73 bits per heavy atom. The molecule has 1 N–H and O–H groups in total. The molecule has 1 aromatic rings. The first kappa shape index (κ1) is 16.7. The molecule has 1 atom stereocenters. The number of esters is 1. The number of allylic oxidation sites excluding steroid dienone is 2. The van der Waals surface area contributed by atoms with Crippen molar-refractivity contribution < 1.29 is 14.3 Å². The number of carbonyl (C=O) groups excluding carboxylic acids is 2. The van der Waals surface area contributed by atoms with Crippen LogP contribution in [0, 0.1) is 11.8 Å². The second kappa shape index (κ2) is 7.09. The van der Waals surface area contributed by atoms with Gasteiger partial charge in [-0.25, -0.2) is 4.79 Å². The lowest BCUT2D eigenvalue weighted by Gasteiger charge is -2.26. The van der Waals surface area contributed by atoms with Crippen molar-refractivity contribution in [3.05, 3.63) is 40.0 Å². The molecule has 0 fully saturated rings. The summed E-state index contributed by atoms with van der Waals surface area (Å²) in [4.78, 5) is 23.6. The van der Waals surface area contributed by atoms with Gasteiger partial charge < -0.3 is 10.1 Å². The van der Waals surface area contributed by atoms with Crippen molar-refractivity contribution in [1.29, 1.82) is 0 Å². The van der Waals surface area contributed by atoms with Crippen LogP contribution in [-0.2, 0) is 9.53 Å². The molecule has 0 aromatic heterocycles. The number of ether oxygens (including phenoxy) is 1. The first-order valence-electron chi connectivity index (χ1n) is 7.29. The van der Waals surface area contributed by atoms with Crippen molar-refractivity contribution >= 4 is 33.4 Å². The van der Waals surface area contributed by atoms with Crippen LogP contribution in [0.2, 0.25) is 0 Å². The standard InChI is InChI=1S/C17H20BrNO3/c1-10(2)11-7-12(9-13(20)8-11)19-15-6-4-5-14(16(15)18)17(21)22-3/h4-6,9-11,19H,7-8H2,1-3H3. The number of ketones is 1. The molecule has 0 heterocycles. The summed E-state index contributed by atoms with van der Waals surface area (Å²) in [6.07, 6.45) is 3.10. The summed E-state index contributed by atoms with van der Waals surface area (Å²) in [7, 11) is 1.35. The van der Waals surface area contributed by atoms with E-state index >= 15 is 0 Å². The van der Waals surface area contributed by atoms with E-state index in [0.29, 0.717) is 28.3 Å². The highest BCUT2D eigenvalue weighted by atomic mass is 79.9. The predicted molar refractivity (Wildman–Crippen MR) is 89.8 cm³/mol. The second-order valence-electron chi connectivity index (χ2n) is 5.83. The fourth-order valence-electron chi connectivity index (χ4n) is 2.55. The van der Waals surface area contributed by atoms with Crippen molar-refractivity contribution in [2.45, 2.75) is 26.7 Å². The Labute approximate surface area is 139 Å². The van der Waals surface area contributed by atoms with Crippen molar-refractivity contribution in [2.75, 3.05) is 12.4 Å². The molecule has 0 bridgehead atoms. The molecule has 0 saturated carbocycles. The fraction of sp³-hybridized carbons (Fsp3) is 0.412. The lowest BCUT2D eigenvalue weighted by molar-refractivity contribution is -0.116. The molecule has 0 amide bonds. The molecular weight excluding hydrogens is 346 g/mol. The highest BCUT2D eigenvalue weighted by Crippen LogP contribution is 2.32. The first-order valence-corrected chi connectivity index (χ1v) is 8.09. The molecule has 118 valence electrons. The van der Waals surface area contributed by atoms with Crippen LogP contribution in [-0.4, -0.2) is 18.9 Å². The van der Waals surface area contributed by atoms with E-state index in [9.17, 15) is 9.59 Å². The Morgan fingerprint density at radius 2 is 2.09 bits per heavy atom. The zero-order valence-electron chi connectivity index (χ0n) is 13.0. The number of rotatable bonds is 4. The summed E-state index contributed by atoms with van der Waals surface area (Å²) in [6, 6.07) is 5.34. The minimum Gasteiger partial charge on any atom is -0.465 e. The quantitative estimate of drug-likeness (QED) is 0.813. The van der Waals surface area contributed by atoms with E-state index in [2.05, 4.69) is 35.1 Å². The molecular formula is C17H20BrNO3. The average molecular weight is 366 g/mol. The summed E-state index contributed by atoms with van der Waals surface area (Å²) in [6.45, 7) is 4.27. The predicted octanol–water partition coefficient (Wildman–Crippen LogP) is 4.17. The Morgan fingerprint density at radius 1 is 1.36 bits per heavy atom. The van der Waals surface area contributed by atoms with Gasteiger partial charge in [-0.2, -0.15) is 0 Å². The number of methoxy groups -OCH3 is 1. The average Bonchev–Trinajstić information content (AvgIpc) is 2.48. The highest BCUT2D eigenvalue weighted by molar-refractivity contribution is 9.10. The topological polar surface area (TPSA) is 55.4 Å². The normalized spacial score (nSPS) is 18.1. The van der Waals surface area contributed by atoms with E-state index < -0.39 is 5.97 Å². The largest absolute Gasteiger partial charge is 0.465 e. The number of hydrogen-bond acceptors (Lipinski definition) is 4. The smallest absolute Gasteiger partial charge is 0.339 e. The van der Waals surface area contributed by atoms with Gasteiger partial charge in [-0.1, -0.05) is 19.9 Å². The molecule has 1 aliphatic rings. The number of nitrogens with one attached hydrogen (secondary N) is 1. The molecule has 5 heteroatoms. The summed E-state index contributed by atoms with van der Waals surface area (Å²) in [5.41, 5.74) is 2.10. The SMILES string of the molecule is COC(=O)c1cccc(NC2=CC(=O)CC(C(C)C)C2)c1Br.